The zero-order valence-electron chi connectivity index (χ0n) is 18.1. The molecule has 4 aromatic rings. The number of ether oxygens (including phenoxy) is 1. The fraction of sp³-hybridized carbons (Fsp3) is 0.0714. The van der Waals surface area contributed by atoms with Crippen molar-refractivity contribution in [1.82, 2.24) is 0 Å². The van der Waals surface area contributed by atoms with Gasteiger partial charge in [-0.1, -0.05) is 91.0 Å². The summed E-state index contributed by atoms with van der Waals surface area (Å²) in [6, 6.07) is 35.8. The van der Waals surface area contributed by atoms with Crippen LogP contribution in [-0.2, 0) is 10.3 Å². The standard InChI is InChI=1S/C28H23BrN2O2/c1-33-27(32)20-17-18-25(24(19-20)26(29)30)31-28(21-11-5-2-6-12-21,22-13-7-3-8-14-22)23-15-9-4-10-16-23/h2-19,30-31H,1H3. The van der Waals surface area contributed by atoms with Gasteiger partial charge in [-0.25, -0.2) is 4.79 Å². The number of hydrogen-bond acceptors (Lipinski definition) is 4. The van der Waals surface area contributed by atoms with Gasteiger partial charge in [-0.05, 0) is 50.8 Å². The van der Waals surface area contributed by atoms with Crippen LogP contribution in [0.1, 0.15) is 32.6 Å². The third kappa shape index (κ3) is 4.45. The molecule has 0 saturated carbocycles. The van der Waals surface area contributed by atoms with Crippen molar-refractivity contribution in [2.75, 3.05) is 12.4 Å². The number of rotatable bonds is 7. The first-order valence-electron chi connectivity index (χ1n) is 10.5. The van der Waals surface area contributed by atoms with Crippen LogP contribution >= 0.6 is 15.9 Å². The molecule has 33 heavy (non-hydrogen) atoms. The van der Waals surface area contributed by atoms with E-state index < -0.39 is 11.5 Å². The first-order chi connectivity index (χ1) is 16.1. The number of hydrogen-bond donors (Lipinski definition) is 2. The number of carbonyl (C=O) groups excluding carboxylic acids is 1. The van der Waals surface area contributed by atoms with Gasteiger partial charge in [0.25, 0.3) is 0 Å². The van der Waals surface area contributed by atoms with Crippen LogP contribution in [0, 0.1) is 5.41 Å². The van der Waals surface area contributed by atoms with Crippen molar-refractivity contribution in [2.24, 2.45) is 0 Å². The second-order valence-electron chi connectivity index (χ2n) is 7.54. The van der Waals surface area contributed by atoms with Crippen molar-refractivity contribution < 1.29 is 9.53 Å². The van der Waals surface area contributed by atoms with Gasteiger partial charge in [0.05, 0.1) is 12.7 Å². The number of benzene rings is 4. The first kappa shape index (κ1) is 22.5. The summed E-state index contributed by atoms with van der Waals surface area (Å²) in [5.41, 5.74) is 4.05. The quantitative estimate of drug-likeness (QED) is 0.171. The van der Waals surface area contributed by atoms with Gasteiger partial charge in [0.15, 0.2) is 0 Å². The first-order valence-corrected chi connectivity index (χ1v) is 11.3. The van der Waals surface area contributed by atoms with Gasteiger partial charge >= 0.3 is 5.97 Å². The van der Waals surface area contributed by atoms with Gasteiger partial charge in [-0.15, -0.1) is 0 Å². The second-order valence-corrected chi connectivity index (χ2v) is 8.33. The molecule has 0 aromatic heterocycles. The number of halogens is 1. The number of esters is 1. The van der Waals surface area contributed by atoms with Gasteiger partial charge < -0.3 is 10.1 Å². The Kier molecular flexibility index (Phi) is 6.71. The van der Waals surface area contributed by atoms with Crippen molar-refractivity contribution in [3.8, 4) is 0 Å². The Morgan fingerprint density at radius 3 is 1.64 bits per heavy atom. The largest absolute Gasteiger partial charge is 0.465 e. The Hall–Kier alpha value is -3.70. The van der Waals surface area contributed by atoms with E-state index in [1.165, 1.54) is 7.11 Å². The van der Waals surface area contributed by atoms with E-state index in [2.05, 4.69) is 57.6 Å². The van der Waals surface area contributed by atoms with Gasteiger partial charge in [0.1, 0.15) is 10.2 Å². The summed E-state index contributed by atoms with van der Waals surface area (Å²) in [5, 5.41) is 12.1. The Labute approximate surface area is 201 Å². The van der Waals surface area contributed by atoms with Gasteiger partial charge in [-0.3, -0.25) is 5.41 Å². The van der Waals surface area contributed by atoms with Crippen molar-refractivity contribution in [1.29, 1.82) is 5.41 Å². The van der Waals surface area contributed by atoms with E-state index in [0.717, 1.165) is 16.7 Å². The number of methoxy groups -OCH3 is 1. The summed E-state index contributed by atoms with van der Waals surface area (Å²) < 4.78 is 5.04. The molecule has 0 bridgehead atoms. The third-order valence-electron chi connectivity index (χ3n) is 5.62. The van der Waals surface area contributed by atoms with Crippen LogP contribution in [-0.4, -0.2) is 17.7 Å². The number of carbonyl (C=O) groups is 1. The van der Waals surface area contributed by atoms with Crippen LogP contribution in [0.3, 0.4) is 0 Å². The molecule has 0 saturated heterocycles. The topological polar surface area (TPSA) is 62.2 Å². The molecule has 5 heteroatoms. The lowest BCUT2D eigenvalue weighted by molar-refractivity contribution is 0.0600. The molecule has 0 aliphatic heterocycles. The molecule has 0 spiro atoms. The molecular formula is C28H23BrN2O2. The highest BCUT2D eigenvalue weighted by Crippen LogP contribution is 2.41. The molecule has 0 atom stereocenters. The zero-order chi connectivity index (χ0) is 23.3. The van der Waals surface area contributed by atoms with Crippen LogP contribution in [0.2, 0.25) is 0 Å². The molecule has 4 nitrogen and oxygen atoms in total. The molecule has 0 amide bonds. The summed E-state index contributed by atoms with van der Waals surface area (Å²) in [6.45, 7) is 0. The summed E-state index contributed by atoms with van der Waals surface area (Å²) in [4.78, 5) is 12.1. The summed E-state index contributed by atoms with van der Waals surface area (Å²) in [6.07, 6.45) is 0. The minimum absolute atomic E-state index is 0.166. The highest BCUT2D eigenvalue weighted by Gasteiger charge is 2.37. The van der Waals surface area contributed by atoms with E-state index in [1.807, 2.05) is 60.7 Å². The lowest BCUT2D eigenvalue weighted by Crippen LogP contribution is -2.38. The maximum atomic E-state index is 12.1. The number of nitrogens with one attached hydrogen (secondary N) is 2. The minimum atomic E-state index is -0.742. The van der Waals surface area contributed by atoms with Gasteiger partial charge in [0.2, 0.25) is 0 Å². The predicted molar refractivity (Wildman–Crippen MR) is 136 cm³/mol. The Morgan fingerprint density at radius 2 is 1.24 bits per heavy atom. The molecule has 0 unspecified atom stereocenters. The molecule has 2 N–H and O–H groups in total. The molecule has 164 valence electrons. The van der Waals surface area contributed by atoms with Crippen LogP contribution in [0.5, 0.6) is 0 Å². The lowest BCUT2D eigenvalue weighted by Gasteiger charge is -2.38. The molecular weight excluding hydrogens is 476 g/mol. The molecule has 0 heterocycles. The van der Waals surface area contributed by atoms with Gasteiger partial charge in [0, 0.05) is 11.3 Å². The summed E-state index contributed by atoms with van der Waals surface area (Å²) in [5.74, 6) is -0.447. The monoisotopic (exact) mass is 498 g/mol. The maximum Gasteiger partial charge on any atom is 0.337 e. The average molecular weight is 499 g/mol. The van der Waals surface area contributed by atoms with Crippen LogP contribution < -0.4 is 5.32 Å². The minimum Gasteiger partial charge on any atom is -0.465 e. The normalized spacial score (nSPS) is 11.0. The Morgan fingerprint density at radius 1 is 0.788 bits per heavy atom. The van der Waals surface area contributed by atoms with Gasteiger partial charge in [-0.2, -0.15) is 0 Å². The fourth-order valence-electron chi connectivity index (χ4n) is 4.06. The molecule has 4 rings (SSSR count). The molecule has 0 radical (unpaired) electrons. The maximum absolute atomic E-state index is 12.1. The smallest absolute Gasteiger partial charge is 0.337 e. The van der Waals surface area contributed by atoms with E-state index in [9.17, 15) is 4.79 Å². The average Bonchev–Trinajstić information content (AvgIpc) is 2.88. The summed E-state index contributed by atoms with van der Waals surface area (Å²) in [7, 11) is 1.35. The third-order valence-corrected chi connectivity index (χ3v) is 6.05. The molecule has 0 fully saturated rings. The van der Waals surface area contributed by atoms with E-state index in [0.29, 0.717) is 16.8 Å². The van der Waals surface area contributed by atoms with Crippen LogP contribution in [0.15, 0.2) is 109 Å². The second kappa shape index (κ2) is 9.84. The van der Waals surface area contributed by atoms with Crippen molar-refractivity contribution >= 4 is 32.2 Å². The fourth-order valence-corrected chi connectivity index (χ4v) is 4.39. The van der Waals surface area contributed by atoms with Crippen LogP contribution in [0.25, 0.3) is 0 Å². The zero-order valence-corrected chi connectivity index (χ0v) is 19.7. The van der Waals surface area contributed by atoms with E-state index in [4.69, 9.17) is 10.1 Å². The Bertz CT molecular complexity index is 1160. The highest BCUT2D eigenvalue weighted by atomic mass is 79.9. The van der Waals surface area contributed by atoms with Crippen molar-refractivity contribution in [2.45, 2.75) is 5.54 Å². The number of anilines is 1. The SMILES string of the molecule is COC(=O)c1ccc(NC(c2ccccc2)(c2ccccc2)c2ccccc2)c(C(=N)Br)c1. The predicted octanol–water partition coefficient (Wildman–Crippen LogP) is 6.60. The van der Waals surface area contributed by atoms with E-state index >= 15 is 0 Å². The highest BCUT2D eigenvalue weighted by molar-refractivity contribution is 9.18. The molecule has 0 aliphatic carbocycles. The Balaban J connectivity index is 1.99. The van der Waals surface area contributed by atoms with E-state index in [1.54, 1.807) is 12.1 Å². The molecule has 4 aromatic carbocycles. The lowest BCUT2D eigenvalue weighted by atomic mass is 9.76. The van der Waals surface area contributed by atoms with Crippen LogP contribution in [0.4, 0.5) is 5.69 Å². The molecule has 0 aliphatic rings. The van der Waals surface area contributed by atoms with E-state index in [-0.39, 0.29) is 4.62 Å². The van der Waals surface area contributed by atoms with Crippen molar-refractivity contribution in [3.63, 3.8) is 0 Å². The summed E-state index contributed by atoms with van der Waals surface area (Å²) >= 11 is 3.31. The van der Waals surface area contributed by atoms with Crippen molar-refractivity contribution in [3.05, 3.63) is 137 Å².